The number of nitrogens with zero attached hydrogens (tertiary/aromatic N) is 1. The number of hydrogen-bond donors (Lipinski definition) is 1. The molecule has 1 saturated heterocycles. The van der Waals surface area contributed by atoms with Crippen molar-refractivity contribution in [3.8, 4) is 0 Å². The predicted octanol–water partition coefficient (Wildman–Crippen LogP) is 2.96. The molecule has 5 heteroatoms. The van der Waals surface area contributed by atoms with Crippen LogP contribution in [0.25, 0.3) is 0 Å². The van der Waals surface area contributed by atoms with E-state index in [1.54, 1.807) is 7.11 Å². The number of hydrogen-bond acceptors (Lipinski definition) is 4. The minimum atomic E-state index is 0.817. The van der Waals surface area contributed by atoms with Crippen LogP contribution < -0.4 is 5.32 Å². The van der Waals surface area contributed by atoms with Crippen LogP contribution in [0.15, 0.2) is 15.9 Å². The molecule has 0 bridgehead atoms. The number of nitrogens with one attached hydrogen (secondary N) is 1. The lowest BCUT2D eigenvalue weighted by atomic mass is 9.97. The van der Waals surface area contributed by atoms with E-state index in [1.165, 1.54) is 41.1 Å². The molecule has 1 fully saturated rings. The van der Waals surface area contributed by atoms with Crippen molar-refractivity contribution in [1.29, 1.82) is 0 Å². The molecule has 1 N–H and O–H groups in total. The first-order valence-corrected chi connectivity index (χ1v) is 8.55. The van der Waals surface area contributed by atoms with Gasteiger partial charge in [0.05, 0.1) is 10.4 Å². The number of rotatable bonds is 7. The Morgan fingerprint density at radius 1 is 1.42 bits per heavy atom. The molecule has 0 unspecified atom stereocenters. The Morgan fingerprint density at radius 2 is 2.21 bits per heavy atom. The van der Waals surface area contributed by atoms with E-state index in [2.05, 4.69) is 38.3 Å². The van der Waals surface area contributed by atoms with Crippen LogP contribution in [0.2, 0.25) is 0 Å². The largest absolute Gasteiger partial charge is 0.383 e. The highest BCUT2D eigenvalue weighted by molar-refractivity contribution is 9.11. The zero-order chi connectivity index (χ0) is 13.5. The van der Waals surface area contributed by atoms with Crippen molar-refractivity contribution in [1.82, 2.24) is 10.2 Å². The van der Waals surface area contributed by atoms with Gasteiger partial charge >= 0.3 is 0 Å². The van der Waals surface area contributed by atoms with Crippen LogP contribution in [0.1, 0.15) is 17.7 Å². The van der Waals surface area contributed by atoms with E-state index >= 15 is 0 Å². The van der Waals surface area contributed by atoms with Gasteiger partial charge in [0, 0.05) is 31.6 Å². The van der Waals surface area contributed by atoms with Crippen molar-refractivity contribution in [2.24, 2.45) is 5.92 Å². The van der Waals surface area contributed by atoms with Crippen LogP contribution >= 0.6 is 27.3 Å². The van der Waals surface area contributed by atoms with Gasteiger partial charge in [-0.3, -0.25) is 4.90 Å². The Hall–Kier alpha value is 0.0600. The molecule has 0 aliphatic carbocycles. The van der Waals surface area contributed by atoms with Crippen LogP contribution in [0.5, 0.6) is 0 Å². The van der Waals surface area contributed by atoms with Gasteiger partial charge in [-0.15, -0.1) is 11.3 Å². The molecule has 0 amide bonds. The first kappa shape index (κ1) is 15.4. The lowest BCUT2D eigenvalue weighted by Crippen LogP contribution is -2.37. The minimum Gasteiger partial charge on any atom is -0.383 e. The zero-order valence-corrected chi connectivity index (χ0v) is 13.9. The summed E-state index contributed by atoms with van der Waals surface area (Å²) in [5.74, 6) is 0.835. The second-order valence-electron chi connectivity index (χ2n) is 5.13. The van der Waals surface area contributed by atoms with Gasteiger partial charge in [0.2, 0.25) is 0 Å². The molecule has 1 aromatic heterocycles. The van der Waals surface area contributed by atoms with Gasteiger partial charge in [0.25, 0.3) is 0 Å². The van der Waals surface area contributed by atoms with E-state index in [1.807, 2.05) is 11.3 Å². The fourth-order valence-electron chi connectivity index (χ4n) is 2.54. The summed E-state index contributed by atoms with van der Waals surface area (Å²) in [7, 11) is 1.78. The van der Waals surface area contributed by atoms with Gasteiger partial charge in [0.1, 0.15) is 0 Å². The molecule has 108 valence electrons. The van der Waals surface area contributed by atoms with Crippen LogP contribution in [-0.4, -0.2) is 44.8 Å². The van der Waals surface area contributed by atoms with Crippen molar-refractivity contribution in [2.75, 3.05) is 39.9 Å². The Bertz CT molecular complexity index is 366. The maximum absolute atomic E-state index is 5.24. The van der Waals surface area contributed by atoms with Crippen LogP contribution in [0.3, 0.4) is 0 Å². The molecule has 0 atom stereocenters. The molecule has 0 saturated carbocycles. The summed E-state index contributed by atoms with van der Waals surface area (Å²) >= 11 is 5.37. The van der Waals surface area contributed by atoms with E-state index in [0.29, 0.717) is 0 Å². The summed E-state index contributed by atoms with van der Waals surface area (Å²) in [5, 5.41) is 3.44. The minimum absolute atomic E-state index is 0.817. The topological polar surface area (TPSA) is 24.5 Å². The number of halogens is 1. The highest BCUT2D eigenvalue weighted by Crippen LogP contribution is 2.24. The highest BCUT2D eigenvalue weighted by Gasteiger charge is 2.17. The standard InChI is InChI=1S/C14H23BrN2OS/c1-18-9-8-17(10-12-4-6-16-7-5-12)11-13-2-3-14(15)19-13/h2-3,12,16H,4-11H2,1H3. The monoisotopic (exact) mass is 346 g/mol. The Kier molecular flexibility index (Phi) is 6.81. The normalized spacial score (nSPS) is 17.2. The van der Waals surface area contributed by atoms with Crippen molar-refractivity contribution < 1.29 is 4.74 Å². The average Bonchev–Trinajstić information content (AvgIpc) is 2.82. The third-order valence-electron chi connectivity index (χ3n) is 3.60. The number of thiophene rings is 1. The molecule has 19 heavy (non-hydrogen) atoms. The van der Waals surface area contributed by atoms with Gasteiger partial charge < -0.3 is 10.1 Å². The van der Waals surface area contributed by atoms with Crippen molar-refractivity contribution in [3.05, 3.63) is 20.8 Å². The van der Waals surface area contributed by atoms with Crippen LogP contribution in [0, 0.1) is 5.92 Å². The second kappa shape index (κ2) is 8.37. The summed E-state index contributed by atoms with van der Waals surface area (Å²) in [5.41, 5.74) is 0. The summed E-state index contributed by atoms with van der Waals surface area (Å²) in [4.78, 5) is 3.97. The van der Waals surface area contributed by atoms with Gasteiger partial charge in [0.15, 0.2) is 0 Å². The maximum atomic E-state index is 5.24. The Labute approximate surface area is 128 Å². The molecule has 0 aromatic carbocycles. The molecule has 2 heterocycles. The molecular formula is C14H23BrN2OS. The molecule has 1 aliphatic rings. The van der Waals surface area contributed by atoms with E-state index in [-0.39, 0.29) is 0 Å². The lowest BCUT2D eigenvalue weighted by Gasteiger charge is -2.29. The highest BCUT2D eigenvalue weighted by atomic mass is 79.9. The molecule has 1 aromatic rings. The Balaban J connectivity index is 1.86. The van der Waals surface area contributed by atoms with Crippen LogP contribution in [-0.2, 0) is 11.3 Å². The van der Waals surface area contributed by atoms with Gasteiger partial charge in [-0.25, -0.2) is 0 Å². The maximum Gasteiger partial charge on any atom is 0.0701 e. The molecular weight excluding hydrogens is 324 g/mol. The summed E-state index contributed by atoms with van der Waals surface area (Å²) in [6.07, 6.45) is 2.61. The van der Waals surface area contributed by atoms with Crippen LogP contribution in [0.4, 0.5) is 0 Å². The molecule has 2 rings (SSSR count). The summed E-state index contributed by atoms with van der Waals surface area (Å²) < 4.78 is 6.46. The zero-order valence-electron chi connectivity index (χ0n) is 11.5. The Morgan fingerprint density at radius 3 is 2.84 bits per heavy atom. The average molecular weight is 347 g/mol. The number of ether oxygens (including phenoxy) is 1. The molecule has 1 aliphatic heterocycles. The van der Waals surface area contributed by atoms with Crippen molar-refractivity contribution in [2.45, 2.75) is 19.4 Å². The number of piperidine rings is 1. The quantitative estimate of drug-likeness (QED) is 0.821. The van der Waals surface area contributed by atoms with Crippen molar-refractivity contribution >= 4 is 27.3 Å². The number of methoxy groups -OCH3 is 1. The van der Waals surface area contributed by atoms with E-state index in [4.69, 9.17) is 4.74 Å². The SMILES string of the molecule is COCCN(Cc1ccc(Br)s1)CC1CCNCC1. The molecule has 0 radical (unpaired) electrons. The van der Waals surface area contributed by atoms with Gasteiger partial charge in [-0.1, -0.05) is 0 Å². The summed E-state index contributed by atoms with van der Waals surface area (Å²) in [6, 6.07) is 4.36. The first-order chi connectivity index (χ1) is 9.28. The lowest BCUT2D eigenvalue weighted by molar-refractivity contribution is 0.127. The predicted molar refractivity (Wildman–Crippen MR) is 84.8 cm³/mol. The molecule has 3 nitrogen and oxygen atoms in total. The fourth-order valence-corrected chi connectivity index (χ4v) is 4.07. The second-order valence-corrected chi connectivity index (χ2v) is 7.67. The van der Waals surface area contributed by atoms with E-state index < -0.39 is 0 Å². The van der Waals surface area contributed by atoms with E-state index in [9.17, 15) is 0 Å². The van der Waals surface area contributed by atoms with E-state index in [0.717, 1.165) is 25.6 Å². The fraction of sp³-hybridized carbons (Fsp3) is 0.714. The summed E-state index contributed by atoms with van der Waals surface area (Å²) in [6.45, 7) is 6.43. The smallest absolute Gasteiger partial charge is 0.0701 e. The third kappa shape index (κ3) is 5.52. The first-order valence-electron chi connectivity index (χ1n) is 6.94. The van der Waals surface area contributed by atoms with Crippen molar-refractivity contribution in [3.63, 3.8) is 0 Å². The van der Waals surface area contributed by atoms with Gasteiger partial charge in [-0.2, -0.15) is 0 Å². The third-order valence-corrected chi connectivity index (χ3v) is 5.20. The van der Waals surface area contributed by atoms with Gasteiger partial charge in [-0.05, 0) is 59.9 Å². The molecule has 0 spiro atoms.